The number of rotatable bonds is 7. The lowest BCUT2D eigenvalue weighted by Gasteiger charge is -2.35. The smallest absolute Gasteiger partial charge is 0.411 e. The van der Waals surface area contributed by atoms with E-state index in [0.717, 1.165) is 26.7 Å². The molecule has 180 valence electrons. The predicted octanol–water partition coefficient (Wildman–Crippen LogP) is 4.32. The molecule has 1 heterocycles. The van der Waals surface area contributed by atoms with Crippen molar-refractivity contribution in [2.24, 2.45) is 0 Å². The number of fused-ring (bicyclic) bond motifs is 1. The molecule has 4 rings (SSSR count). The van der Waals surface area contributed by atoms with Gasteiger partial charge in [-0.3, -0.25) is 9.69 Å². The Balaban J connectivity index is 1.51. The summed E-state index contributed by atoms with van der Waals surface area (Å²) in [5.41, 5.74) is 3.48. The topological polar surface area (TPSA) is 95.9 Å². The largest absolute Gasteiger partial charge is 0.480 e. The van der Waals surface area contributed by atoms with Crippen LogP contribution in [0.1, 0.15) is 22.3 Å². The van der Waals surface area contributed by atoms with Crippen LogP contribution < -0.4 is 5.32 Å². The first kappa shape index (κ1) is 24.5. The Morgan fingerprint density at radius 2 is 1.60 bits per heavy atom. The second-order valence-corrected chi connectivity index (χ2v) is 9.30. The normalized spacial score (nSPS) is 15.6. The van der Waals surface area contributed by atoms with E-state index in [2.05, 4.69) is 21.2 Å². The van der Waals surface area contributed by atoms with Crippen LogP contribution in [0, 0.1) is 0 Å². The number of amides is 2. The third-order valence-corrected chi connectivity index (χ3v) is 6.49. The minimum atomic E-state index is -1.14. The fourth-order valence-electron chi connectivity index (χ4n) is 4.08. The lowest BCUT2D eigenvalue weighted by atomic mass is 9.93. The van der Waals surface area contributed by atoms with Gasteiger partial charge in [-0.25, -0.2) is 9.59 Å². The summed E-state index contributed by atoms with van der Waals surface area (Å²) in [5.74, 6) is -1.67. The molecule has 1 aliphatic rings. The van der Waals surface area contributed by atoms with Crippen LogP contribution in [-0.2, 0) is 40.3 Å². The first-order valence-corrected chi connectivity index (χ1v) is 12.0. The molecule has 2 amide bonds. The molecule has 3 aromatic rings. The van der Waals surface area contributed by atoms with Gasteiger partial charge >= 0.3 is 12.1 Å². The quantitative estimate of drug-likeness (QED) is 0.468. The van der Waals surface area contributed by atoms with Crippen molar-refractivity contribution >= 4 is 33.9 Å². The fraction of sp³-hybridized carbons (Fsp3) is 0.222. The molecule has 35 heavy (non-hydrogen) atoms. The molecule has 2 N–H and O–H groups in total. The maximum absolute atomic E-state index is 13.3. The van der Waals surface area contributed by atoms with Gasteiger partial charge in [-0.1, -0.05) is 82.7 Å². The zero-order chi connectivity index (χ0) is 24.8. The van der Waals surface area contributed by atoms with Gasteiger partial charge in [-0.2, -0.15) is 0 Å². The minimum absolute atomic E-state index is 0.0769. The van der Waals surface area contributed by atoms with Gasteiger partial charge in [0.05, 0.1) is 6.54 Å². The van der Waals surface area contributed by atoms with Crippen molar-refractivity contribution in [1.82, 2.24) is 10.2 Å². The van der Waals surface area contributed by atoms with E-state index in [9.17, 15) is 19.5 Å². The Morgan fingerprint density at radius 1 is 0.943 bits per heavy atom. The number of hydrogen-bond donors (Lipinski definition) is 2. The molecule has 0 aromatic heterocycles. The number of benzene rings is 3. The second-order valence-electron chi connectivity index (χ2n) is 8.39. The van der Waals surface area contributed by atoms with E-state index < -0.39 is 30.1 Å². The fourth-order valence-corrected chi connectivity index (χ4v) is 4.34. The number of carbonyl (C=O) groups excluding carboxylic acids is 2. The van der Waals surface area contributed by atoms with Crippen molar-refractivity contribution in [3.63, 3.8) is 0 Å². The summed E-state index contributed by atoms with van der Waals surface area (Å²) >= 11 is 3.36. The Morgan fingerprint density at radius 3 is 2.29 bits per heavy atom. The molecule has 0 aliphatic carbocycles. The highest BCUT2D eigenvalue weighted by molar-refractivity contribution is 9.10. The Hall–Kier alpha value is -3.65. The van der Waals surface area contributed by atoms with Crippen LogP contribution >= 0.6 is 15.9 Å². The summed E-state index contributed by atoms with van der Waals surface area (Å²) in [6.07, 6.45) is -0.230. The van der Waals surface area contributed by atoms with Crippen LogP contribution in [0.5, 0.6) is 0 Å². The van der Waals surface area contributed by atoms with Gasteiger partial charge in [-0.05, 0) is 34.4 Å². The highest BCUT2D eigenvalue weighted by Crippen LogP contribution is 2.25. The first-order valence-electron chi connectivity index (χ1n) is 11.2. The van der Waals surface area contributed by atoms with Crippen molar-refractivity contribution in [3.8, 4) is 0 Å². The number of hydrogen-bond acceptors (Lipinski definition) is 4. The van der Waals surface area contributed by atoms with Gasteiger partial charge in [0.2, 0.25) is 5.91 Å². The van der Waals surface area contributed by atoms with Crippen molar-refractivity contribution in [2.45, 2.75) is 38.1 Å². The average molecular weight is 537 g/mol. The molecule has 0 unspecified atom stereocenters. The molecule has 0 spiro atoms. The lowest BCUT2D eigenvalue weighted by Crippen LogP contribution is -2.56. The summed E-state index contributed by atoms with van der Waals surface area (Å²) in [5, 5.41) is 12.4. The maximum atomic E-state index is 13.3. The SMILES string of the molecule is O=C(O)[C@H](Cc1ccc(Br)cc1)NC(=O)[C@@H]1Cc2ccccc2CN1C(=O)OCc1ccccc1. The number of halogens is 1. The molecule has 7 nitrogen and oxygen atoms in total. The summed E-state index contributed by atoms with van der Waals surface area (Å²) < 4.78 is 6.39. The van der Waals surface area contributed by atoms with E-state index in [0.29, 0.717) is 0 Å². The van der Waals surface area contributed by atoms with Crippen LogP contribution in [0.15, 0.2) is 83.3 Å². The summed E-state index contributed by atoms with van der Waals surface area (Å²) in [6.45, 7) is 0.278. The molecule has 0 radical (unpaired) electrons. The van der Waals surface area contributed by atoms with Gasteiger partial charge < -0.3 is 15.2 Å². The number of carbonyl (C=O) groups is 3. The van der Waals surface area contributed by atoms with Crippen molar-refractivity contribution in [1.29, 1.82) is 0 Å². The van der Waals surface area contributed by atoms with E-state index in [1.54, 1.807) is 12.1 Å². The lowest BCUT2D eigenvalue weighted by molar-refractivity contribution is -0.142. The average Bonchev–Trinajstić information content (AvgIpc) is 2.87. The van der Waals surface area contributed by atoms with Crippen LogP contribution in [0.4, 0.5) is 4.79 Å². The van der Waals surface area contributed by atoms with Crippen LogP contribution in [0.3, 0.4) is 0 Å². The minimum Gasteiger partial charge on any atom is -0.480 e. The number of carboxylic acid groups (broad SMARTS) is 1. The van der Waals surface area contributed by atoms with Crippen LogP contribution in [0.2, 0.25) is 0 Å². The van der Waals surface area contributed by atoms with E-state index in [-0.39, 0.29) is 26.0 Å². The van der Waals surface area contributed by atoms with Gasteiger partial charge in [0, 0.05) is 17.3 Å². The van der Waals surface area contributed by atoms with E-state index >= 15 is 0 Å². The molecular formula is C27H25BrN2O5. The molecule has 0 saturated carbocycles. The van der Waals surface area contributed by atoms with Gasteiger partial charge in [-0.15, -0.1) is 0 Å². The van der Waals surface area contributed by atoms with Crippen molar-refractivity contribution in [3.05, 3.63) is 106 Å². The molecule has 8 heteroatoms. The van der Waals surface area contributed by atoms with Crippen LogP contribution in [-0.4, -0.2) is 40.1 Å². The van der Waals surface area contributed by atoms with Crippen molar-refractivity contribution in [2.75, 3.05) is 0 Å². The Labute approximate surface area is 211 Å². The van der Waals surface area contributed by atoms with E-state index in [4.69, 9.17) is 4.74 Å². The zero-order valence-electron chi connectivity index (χ0n) is 18.9. The van der Waals surface area contributed by atoms with E-state index in [1.165, 1.54) is 4.90 Å². The molecule has 3 aromatic carbocycles. The number of ether oxygens (including phenoxy) is 1. The third-order valence-electron chi connectivity index (χ3n) is 5.96. The second kappa shape index (κ2) is 11.2. The monoisotopic (exact) mass is 536 g/mol. The number of carboxylic acids is 1. The maximum Gasteiger partial charge on any atom is 0.411 e. The summed E-state index contributed by atoms with van der Waals surface area (Å²) in [6, 6.07) is 22.1. The predicted molar refractivity (Wildman–Crippen MR) is 134 cm³/mol. The zero-order valence-corrected chi connectivity index (χ0v) is 20.5. The van der Waals surface area contributed by atoms with E-state index in [1.807, 2.05) is 66.7 Å². The molecular weight excluding hydrogens is 512 g/mol. The van der Waals surface area contributed by atoms with Crippen molar-refractivity contribution < 1.29 is 24.2 Å². The standard InChI is InChI=1S/C27H25BrN2O5/c28-22-12-10-18(11-13-22)14-23(26(32)33)29-25(31)24-15-20-8-4-5-9-21(20)16-30(24)27(34)35-17-19-6-2-1-3-7-19/h1-13,23-24H,14-17H2,(H,29,31)(H,32,33)/t23-,24-/m0/s1. The molecule has 2 atom stereocenters. The van der Waals surface area contributed by atoms with Gasteiger partial charge in [0.1, 0.15) is 18.7 Å². The number of aliphatic carboxylic acids is 1. The summed E-state index contributed by atoms with van der Waals surface area (Å²) in [4.78, 5) is 39.7. The molecule has 0 fully saturated rings. The number of nitrogens with zero attached hydrogens (tertiary/aromatic N) is 1. The molecule has 1 aliphatic heterocycles. The summed E-state index contributed by atoms with van der Waals surface area (Å²) in [7, 11) is 0. The number of nitrogens with one attached hydrogen (secondary N) is 1. The van der Waals surface area contributed by atoms with Gasteiger partial charge in [0.25, 0.3) is 0 Å². The molecule has 0 bridgehead atoms. The Kier molecular flexibility index (Phi) is 7.82. The highest BCUT2D eigenvalue weighted by Gasteiger charge is 2.37. The van der Waals surface area contributed by atoms with Crippen LogP contribution in [0.25, 0.3) is 0 Å². The third kappa shape index (κ3) is 6.27. The molecule has 0 saturated heterocycles. The van der Waals surface area contributed by atoms with Gasteiger partial charge in [0.15, 0.2) is 0 Å². The first-order chi connectivity index (χ1) is 16.9. The Bertz CT molecular complexity index is 1200. The highest BCUT2D eigenvalue weighted by atomic mass is 79.9.